The zero-order chi connectivity index (χ0) is 12.5. The van der Waals surface area contributed by atoms with E-state index in [2.05, 4.69) is 32.6 Å². The van der Waals surface area contributed by atoms with Crippen LogP contribution in [-0.4, -0.2) is 9.97 Å². The lowest BCUT2D eigenvalue weighted by atomic mass is 10.2. The minimum absolute atomic E-state index is 0.498. The molecule has 0 atom stereocenters. The van der Waals surface area contributed by atoms with E-state index >= 15 is 0 Å². The van der Waals surface area contributed by atoms with Gasteiger partial charge in [-0.25, -0.2) is 9.97 Å². The van der Waals surface area contributed by atoms with E-state index in [0.717, 1.165) is 20.0 Å². The molecule has 3 rings (SSSR count). The Bertz CT molecular complexity index is 714. The Morgan fingerprint density at radius 3 is 2.50 bits per heavy atom. The smallest absolute Gasteiger partial charge is 0.161 e. The lowest BCUT2D eigenvalue weighted by Gasteiger charge is -2.04. The van der Waals surface area contributed by atoms with Crippen LogP contribution < -0.4 is 0 Å². The van der Waals surface area contributed by atoms with Crippen LogP contribution in [0.15, 0.2) is 48.5 Å². The average Bonchev–Trinajstić information content (AvgIpc) is 2.40. The van der Waals surface area contributed by atoms with E-state index < -0.39 is 0 Å². The Kier molecular flexibility index (Phi) is 3.18. The van der Waals surface area contributed by atoms with Gasteiger partial charge in [0.15, 0.2) is 5.82 Å². The summed E-state index contributed by atoms with van der Waals surface area (Å²) in [5, 5.41) is 1.39. The van der Waals surface area contributed by atoms with Crippen LogP contribution in [-0.2, 0) is 0 Å². The Labute approximate surface area is 123 Å². The highest BCUT2D eigenvalue weighted by atomic mass is 127. The van der Waals surface area contributed by atoms with Crippen LogP contribution >= 0.6 is 34.2 Å². The molecule has 0 saturated heterocycles. The summed E-state index contributed by atoms with van der Waals surface area (Å²) in [5.74, 6) is 0.661. The molecular formula is C14H8ClIN2. The van der Waals surface area contributed by atoms with E-state index in [1.54, 1.807) is 0 Å². The number of hydrogen-bond acceptors (Lipinski definition) is 2. The van der Waals surface area contributed by atoms with Gasteiger partial charge in [0.2, 0.25) is 0 Å². The molecule has 0 N–H and O–H groups in total. The normalized spacial score (nSPS) is 10.8. The number of hydrogen-bond donors (Lipinski definition) is 0. The van der Waals surface area contributed by atoms with Gasteiger partial charge in [0.1, 0.15) is 5.15 Å². The molecule has 0 aliphatic heterocycles. The highest BCUT2D eigenvalue weighted by Gasteiger charge is 2.07. The van der Waals surface area contributed by atoms with Crippen LogP contribution in [0.2, 0.25) is 5.15 Å². The topological polar surface area (TPSA) is 25.8 Å². The van der Waals surface area contributed by atoms with Crippen LogP contribution in [0, 0.1) is 3.57 Å². The first-order valence-electron chi connectivity index (χ1n) is 5.42. The molecule has 1 aromatic heterocycles. The third-order valence-corrected chi connectivity index (χ3v) is 3.60. The van der Waals surface area contributed by atoms with Gasteiger partial charge in [0, 0.05) is 14.5 Å². The first kappa shape index (κ1) is 11.9. The Balaban J connectivity index is 2.25. The van der Waals surface area contributed by atoms with Gasteiger partial charge in [-0.05, 0) is 40.8 Å². The summed E-state index contributed by atoms with van der Waals surface area (Å²) in [6.07, 6.45) is 0. The van der Waals surface area contributed by atoms with Crippen LogP contribution in [0.1, 0.15) is 0 Å². The predicted molar refractivity (Wildman–Crippen MR) is 82.7 cm³/mol. The molecule has 0 spiro atoms. The third kappa shape index (κ3) is 2.20. The quantitative estimate of drug-likeness (QED) is 0.466. The maximum absolute atomic E-state index is 6.23. The van der Waals surface area contributed by atoms with Crippen molar-refractivity contribution in [2.45, 2.75) is 0 Å². The number of halogens is 2. The van der Waals surface area contributed by atoms with Crippen LogP contribution in [0.3, 0.4) is 0 Å². The van der Waals surface area contributed by atoms with E-state index in [0.29, 0.717) is 11.0 Å². The van der Waals surface area contributed by atoms with Crippen molar-refractivity contribution < 1.29 is 0 Å². The van der Waals surface area contributed by atoms with Gasteiger partial charge in [0.05, 0.1) is 5.52 Å². The number of aromatic nitrogens is 2. The third-order valence-electron chi connectivity index (χ3n) is 2.64. The number of benzene rings is 2. The van der Waals surface area contributed by atoms with Gasteiger partial charge in [-0.15, -0.1) is 0 Å². The van der Waals surface area contributed by atoms with Crippen molar-refractivity contribution in [1.29, 1.82) is 0 Å². The molecular weight excluding hydrogens is 359 g/mol. The van der Waals surface area contributed by atoms with Gasteiger partial charge in [0.25, 0.3) is 0 Å². The highest BCUT2D eigenvalue weighted by Crippen LogP contribution is 2.25. The molecule has 1 heterocycles. The molecule has 2 nitrogen and oxygen atoms in total. The zero-order valence-electron chi connectivity index (χ0n) is 9.27. The van der Waals surface area contributed by atoms with E-state index in [1.807, 2.05) is 48.5 Å². The SMILES string of the molecule is Clc1nc(-c2ccccc2)nc2ccc(I)cc12. The van der Waals surface area contributed by atoms with E-state index in [-0.39, 0.29) is 0 Å². The highest BCUT2D eigenvalue weighted by molar-refractivity contribution is 14.1. The fourth-order valence-electron chi connectivity index (χ4n) is 1.78. The van der Waals surface area contributed by atoms with Gasteiger partial charge >= 0.3 is 0 Å². The van der Waals surface area contributed by atoms with E-state index in [9.17, 15) is 0 Å². The second-order valence-electron chi connectivity index (χ2n) is 3.87. The first-order chi connectivity index (χ1) is 8.74. The summed E-state index contributed by atoms with van der Waals surface area (Å²) < 4.78 is 1.12. The summed E-state index contributed by atoms with van der Waals surface area (Å²) >= 11 is 8.48. The Morgan fingerprint density at radius 1 is 0.944 bits per heavy atom. The Hall–Kier alpha value is -1.20. The maximum atomic E-state index is 6.23. The largest absolute Gasteiger partial charge is 0.228 e. The van der Waals surface area contributed by atoms with Crippen molar-refractivity contribution in [3.05, 3.63) is 57.3 Å². The van der Waals surface area contributed by atoms with Crippen molar-refractivity contribution in [1.82, 2.24) is 9.97 Å². The minimum Gasteiger partial charge on any atom is -0.228 e. The molecule has 0 amide bonds. The average molecular weight is 367 g/mol. The number of nitrogens with zero attached hydrogens (tertiary/aromatic N) is 2. The summed E-state index contributed by atoms with van der Waals surface area (Å²) in [7, 11) is 0. The zero-order valence-corrected chi connectivity index (χ0v) is 12.2. The van der Waals surface area contributed by atoms with Crippen molar-refractivity contribution in [3.63, 3.8) is 0 Å². The summed E-state index contributed by atoms with van der Waals surface area (Å²) in [6.45, 7) is 0. The lowest BCUT2D eigenvalue weighted by molar-refractivity contribution is 1.23. The van der Waals surface area contributed by atoms with Crippen molar-refractivity contribution in [2.24, 2.45) is 0 Å². The molecule has 0 fully saturated rings. The fourth-order valence-corrected chi connectivity index (χ4v) is 2.50. The molecule has 0 unspecified atom stereocenters. The van der Waals surface area contributed by atoms with Gasteiger partial charge in [-0.2, -0.15) is 0 Å². The molecule has 0 saturated carbocycles. The van der Waals surface area contributed by atoms with Crippen LogP contribution in [0.5, 0.6) is 0 Å². The number of rotatable bonds is 1. The molecule has 88 valence electrons. The van der Waals surface area contributed by atoms with Gasteiger partial charge < -0.3 is 0 Å². The molecule has 2 aromatic carbocycles. The maximum Gasteiger partial charge on any atom is 0.161 e. The monoisotopic (exact) mass is 366 g/mol. The second-order valence-corrected chi connectivity index (χ2v) is 5.47. The fraction of sp³-hybridized carbons (Fsp3) is 0. The standard InChI is InChI=1S/C14H8ClIN2/c15-13-11-8-10(16)6-7-12(11)17-14(18-13)9-4-2-1-3-5-9/h1-8H. The van der Waals surface area contributed by atoms with E-state index in [1.165, 1.54) is 0 Å². The Morgan fingerprint density at radius 2 is 1.72 bits per heavy atom. The molecule has 0 aliphatic rings. The first-order valence-corrected chi connectivity index (χ1v) is 6.88. The van der Waals surface area contributed by atoms with Crippen molar-refractivity contribution in [2.75, 3.05) is 0 Å². The summed E-state index contributed by atoms with van der Waals surface area (Å²) in [5.41, 5.74) is 1.84. The summed E-state index contributed by atoms with van der Waals surface area (Å²) in [6, 6.07) is 15.8. The molecule has 3 aromatic rings. The molecule has 4 heteroatoms. The van der Waals surface area contributed by atoms with Gasteiger partial charge in [-0.1, -0.05) is 41.9 Å². The van der Waals surface area contributed by atoms with Crippen LogP contribution in [0.25, 0.3) is 22.3 Å². The van der Waals surface area contributed by atoms with E-state index in [4.69, 9.17) is 11.6 Å². The van der Waals surface area contributed by atoms with Crippen LogP contribution in [0.4, 0.5) is 0 Å². The second kappa shape index (κ2) is 4.82. The molecule has 0 bridgehead atoms. The van der Waals surface area contributed by atoms with Gasteiger partial charge in [-0.3, -0.25) is 0 Å². The molecule has 18 heavy (non-hydrogen) atoms. The van der Waals surface area contributed by atoms with Crippen molar-refractivity contribution >= 4 is 45.1 Å². The molecule has 0 radical (unpaired) electrons. The van der Waals surface area contributed by atoms with Crippen molar-refractivity contribution in [3.8, 4) is 11.4 Å². The number of fused-ring (bicyclic) bond motifs is 1. The molecule has 0 aliphatic carbocycles. The summed E-state index contributed by atoms with van der Waals surface area (Å²) in [4.78, 5) is 8.91. The minimum atomic E-state index is 0.498. The predicted octanol–water partition coefficient (Wildman–Crippen LogP) is 4.55. The lowest BCUT2D eigenvalue weighted by Crippen LogP contribution is -1.92.